The number of rotatable bonds is 6. The molecule has 0 N–H and O–H groups in total. The van der Waals surface area contributed by atoms with Crippen molar-refractivity contribution in [3.8, 4) is 52.4 Å². The first-order valence-electron chi connectivity index (χ1n) is 12.0. The third-order valence-corrected chi connectivity index (χ3v) is 6.72. The Morgan fingerprint density at radius 2 is 1.00 bits per heavy atom. The fourth-order valence-corrected chi connectivity index (χ4v) is 4.76. The van der Waals surface area contributed by atoms with Crippen LogP contribution >= 0.6 is 11.8 Å². The van der Waals surface area contributed by atoms with E-state index in [-0.39, 0.29) is 5.75 Å². The van der Waals surface area contributed by atoms with Crippen LogP contribution in [0.3, 0.4) is 0 Å². The second-order valence-electron chi connectivity index (χ2n) is 8.41. The molecule has 5 nitrogen and oxygen atoms in total. The summed E-state index contributed by atoms with van der Waals surface area (Å²) in [5, 5.41) is 11.9. The monoisotopic (exact) mass is 535 g/mol. The molecule has 0 atom stereocenters. The fraction of sp³-hybridized carbons (Fsp3) is 0.152. The van der Waals surface area contributed by atoms with Crippen molar-refractivity contribution in [1.29, 1.82) is 0 Å². The van der Waals surface area contributed by atoms with Crippen molar-refractivity contribution in [2.45, 2.75) is 16.7 Å². The largest absolute Gasteiger partial charge is 0.493 e. The molecule has 195 valence electrons. The number of hydrogen-bond donors (Lipinski definition) is 0. The van der Waals surface area contributed by atoms with Crippen molar-refractivity contribution < 1.29 is 24.1 Å². The molecule has 0 aliphatic carbocycles. The number of benzene rings is 4. The summed E-state index contributed by atoms with van der Waals surface area (Å²) in [7, 11) is 6.40. The normalized spacial score (nSPS) is 9.97. The van der Waals surface area contributed by atoms with E-state index in [0.717, 1.165) is 32.0 Å². The van der Waals surface area contributed by atoms with Gasteiger partial charge in [-0.2, -0.15) is 0 Å². The van der Waals surface area contributed by atoms with Crippen molar-refractivity contribution in [2.75, 3.05) is 28.4 Å². The molecular formula is C33H27O5S. The molecule has 0 aliphatic rings. The SMILES string of the molecule is COc1ccc(C#Cc2cc(C#Cc3ccc(OC)c(OC)c3)cc(Sc3ccc([O])c(C)c3)c2)cc1OC. The molecule has 6 heteroatoms. The molecule has 0 aliphatic heterocycles. The Morgan fingerprint density at radius 3 is 1.46 bits per heavy atom. The van der Waals surface area contributed by atoms with E-state index in [1.165, 1.54) is 0 Å². The molecule has 1 radical (unpaired) electrons. The topological polar surface area (TPSA) is 56.8 Å². The molecule has 4 rings (SSSR count). The summed E-state index contributed by atoms with van der Waals surface area (Å²) >= 11 is 1.56. The lowest BCUT2D eigenvalue weighted by molar-refractivity contribution is 0.351. The zero-order chi connectivity index (χ0) is 27.8. The Hall–Kier alpha value is -4.65. The summed E-state index contributed by atoms with van der Waals surface area (Å²) < 4.78 is 21.5. The van der Waals surface area contributed by atoms with Gasteiger partial charge in [0.1, 0.15) is 0 Å². The molecule has 0 unspecified atom stereocenters. The minimum atomic E-state index is 0.0235. The molecule has 0 amide bonds. The standard InChI is InChI=1S/C33H27O5S/c1-22-16-27(12-13-29(22)34)39-28-18-25(8-6-23-10-14-30(35-2)32(20-23)37-4)17-26(19-28)9-7-24-11-15-31(36-3)33(21-24)38-5/h10-21H,1-5H3. The van der Waals surface area contributed by atoms with Gasteiger partial charge in [-0.3, -0.25) is 5.11 Å². The number of methoxy groups -OCH3 is 4. The maximum atomic E-state index is 11.9. The second kappa shape index (κ2) is 12.7. The Morgan fingerprint density at radius 1 is 0.513 bits per heavy atom. The van der Waals surface area contributed by atoms with Crippen molar-refractivity contribution in [2.24, 2.45) is 0 Å². The van der Waals surface area contributed by atoms with E-state index in [9.17, 15) is 5.11 Å². The highest BCUT2D eigenvalue weighted by atomic mass is 32.2. The highest BCUT2D eigenvalue weighted by Gasteiger charge is 2.07. The van der Waals surface area contributed by atoms with Gasteiger partial charge in [0.2, 0.25) is 0 Å². The van der Waals surface area contributed by atoms with Gasteiger partial charge in [0.25, 0.3) is 0 Å². The third kappa shape index (κ3) is 7.02. The highest BCUT2D eigenvalue weighted by Crippen LogP contribution is 2.32. The lowest BCUT2D eigenvalue weighted by Crippen LogP contribution is -1.91. The average Bonchev–Trinajstić information content (AvgIpc) is 2.96. The quantitative estimate of drug-likeness (QED) is 0.246. The Kier molecular flexibility index (Phi) is 8.94. The zero-order valence-electron chi connectivity index (χ0n) is 22.4. The predicted molar refractivity (Wildman–Crippen MR) is 153 cm³/mol. The smallest absolute Gasteiger partial charge is 0.181 e. The summed E-state index contributed by atoms with van der Waals surface area (Å²) in [6.07, 6.45) is 0. The van der Waals surface area contributed by atoms with Crippen LogP contribution in [0.2, 0.25) is 0 Å². The van der Waals surface area contributed by atoms with Gasteiger partial charge in [0, 0.05) is 32.0 Å². The van der Waals surface area contributed by atoms with Gasteiger partial charge in [0.15, 0.2) is 28.7 Å². The van der Waals surface area contributed by atoms with E-state index in [0.29, 0.717) is 28.6 Å². The van der Waals surface area contributed by atoms with Crippen molar-refractivity contribution in [3.63, 3.8) is 0 Å². The predicted octanol–water partition coefficient (Wildman–Crippen LogP) is 7.12. The molecule has 0 spiro atoms. The molecule has 4 aromatic carbocycles. The van der Waals surface area contributed by atoms with Crippen LogP contribution in [0.25, 0.3) is 0 Å². The van der Waals surface area contributed by atoms with E-state index in [2.05, 4.69) is 23.7 Å². The van der Waals surface area contributed by atoms with Gasteiger partial charge in [-0.05, 0) is 85.3 Å². The molecule has 4 aromatic rings. The summed E-state index contributed by atoms with van der Waals surface area (Å²) in [4.78, 5) is 1.93. The van der Waals surface area contributed by atoms with Crippen molar-refractivity contribution in [1.82, 2.24) is 0 Å². The van der Waals surface area contributed by atoms with Gasteiger partial charge in [0.05, 0.1) is 28.4 Å². The molecule has 0 saturated carbocycles. The van der Waals surface area contributed by atoms with E-state index < -0.39 is 0 Å². The summed E-state index contributed by atoms with van der Waals surface area (Å²) in [6, 6.07) is 22.4. The van der Waals surface area contributed by atoms with Crippen LogP contribution in [0.4, 0.5) is 0 Å². The van der Waals surface area contributed by atoms with Crippen molar-refractivity contribution in [3.05, 3.63) is 101 Å². The van der Waals surface area contributed by atoms with Gasteiger partial charge < -0.3 is 18.9 Å². The van der Waals surface area contributed by atoms with Gasteiger partial charge in [-0.1, -0.05) is 35.4 Å². The molecule has 0 fully saturated rings. The van der Waals surface area contributed by atoms with Crippen LogP contribution in [-0.2, 0) is 5.11 Å². The Balaban J connectivity index is 1.72. The van der Waals surface area contributed by atoms with Crippen LogP contribution in [0.1, 0.15) is 27.8 Å². The highest BCUT2D eigenvalue weighted by molar-refractivity contribution is 7.99. The second-order valence-corrected chi connectivity index (χ2v) is 9.56. The number of aryl methyl sites for hydroxylation is 1. The number of hydrogen-bond acceptors (Lipinski definition) is 5. The van der Waals surface area contributed by atoms with Gasteiger partial charge in [-0.25, -0.2) is 0 Å². The van der Waals surface area contributed by atoms with E-state index >= 15 is 0 Å². The summed E-state index contributed by atoms with van der Waals surface area (Å²) in [6.45, 7) is 1.82. The number of ether oxygens (including phenoxy) is 4. The average molecular weight is 536 g/mol. The first-order chi connectivity index (χ1) is 18.9. The Labute approximate surface area is 233 Å². The van der Waals surface area contributed by atoms with E-state index in [1.54, 1.807) is 46.3 Å². The third-order valence-electron chi connectivity index (χ3n) is 5.76. The summed E-state index contributed by atoms with van der Waals surface area (Å²) in [5.74, 6) is 15.5. The lowest BCUT2D eigenvalue weighted by atomic mass is 10.1. The van der Waals surface area contributed by atoms with E-state index in [1.807, 2.05) is 73.7 Å². The molecular weight excluding hydrogens is 508 g/mol. The van der Waals surface area contributed by atoms with Gasteiger partial charge in [-0.15, -0.1) is 0 Å². The van der Waals surface area contributed by atoms with E-state index in [4.69, 9.17) is 18.9 Å². The molecule has 0 bridgehead atoms. The van der Waals surface area contributed by atoms with Crippen LogP contribution < -0.4 is 18.9 Å². The minimum Gasteiger partial charge on any atom is -0.493 e. The fourth-order valence-electron chi connectivity index (χ4n) is 3.74. The van der Waals surface area contributed by atoms with Crippen LogP contribution in [0.15, 0.2) is 82.6 Å². The molecule has 0 heterocycles. The molecule has 0 aromatic heterocycles. The van der Waals surface area contributed by atoms with Crippen molar-refractivity contribution >= 4 is 11.8 Å². The molecule has 39 heavy (non-hydrogen) atoms. The zero-order valence-corrected chi connectivity index (χ0v) is 23.2. The molecule has 0 saturated heterocycles. The summed E-state index contributed by atoms with van der Waals surface area (Å²) in [5.41, 5.74) is 3.92. The first-order valence-corrected chi connectivity index (χ1v) is 12.8. The lowest BCUT2D eigenvalue weighted by Gasteiger charge is -2.07. The van der Waals surface area contributed by atoms with Crippen LogP contribution in [0.5, 0.6) is 28.7 Å². The Bertz CT molecular complexity index is 1530. The van der Waals surface area contributed by atoms with Crippen LogP contribution in [-0.4, -0.2) is 28.4 Å². The maximum absolute atomic E-state index is 11.9. The van der Waals surface area contributed by atoms with Crippen LogP contribution in [0, 0.1) is 30.6 Å². The maximum Gasteiger partial charge on any atom is 0.181 e. The first kappa shape index (κ1) is 27.4. The minimum absolute atomic E-state index is 0.0235. The van der Waals surface area contributed by atoms with Gasteiger partial charge >= 0.3 is 0 Å².